The van der Waals surface area contributed by atoms with Gasteiger partial charge in [-0.25, -0.2) is 0 Å². The van der Waals surface area contributed by atoms with Gasteiger partial charge in [0.2, 0.25) is 0 Å². The highest BCUT2D eigenvalue weighted by molar-refractivity contribution is 5.64. The quantitative estimate of drug-likeness (QED) is 0.666. The number of rotatable bonds is 2. The summed E-state index contributed by atoms with van der Waals surface area (Å²) in [5, 5.41) is 0. The van der Waals surface area contributed by atoms with E-state index >= 15 is 0 Å². The first kappa shape index (κ1) is 11.6. The molecular formula is C17H16. The third kappa shape index (κ3) is 2.00. The summed E-state index contributed by atoms with van der Waals surface area (Å²) >= 11 is 0. The normalized spacial score (nSPS) is 15.8. The van der Waals surface area contributed by atoms with E-state index in [2.05, 4.69) is 43.0 Å². The lowest BCUT2D eigenvalue weighted by atomic mass is 9.88. The average molecular weight is 220 g/mol. The molecule has 84 valence electrons. The van der Waals surface area contributed by atoms with Crippen molar-refractivity contribution in [2.75, 3.05) is 0 Å². The van der Waals surface area contributed by atoms with Crippen molar-refractivity contribution in [3.8, 4) is 24.7 Å². The lowest BCUT2D eigenvalue weighted by molar-refractivity contribution is 0.943. The Morgan fingerprint density at radius 3 is 2.47 bits per heavy atom. The van der Waals surface area contributed by atoms with Crippen LogP contribution in [0.1, 0.15) is 47.9 Å². The van der Waals surface area contributed by atoms with E-state index in [1.807, 2.05) is 6.92 Å². The van der Waals surface area contributed by atoms with Crippen LogP contribution in [0.3, 0.4) is 0 Å². The predicted molar refractivity (Wildman–Crippen MR) is 73.7 cm³/mol. The highest BCUT2D eigenvalue weighted by Crippen LogP contribution is 2.32. The van der Waals surface area contributed by atoms with E-state index in [-0.39, 0.29) is 11.8 Å². The molecule has 0 saturated heterocycles. The first-order valence-corrected chi connectivity index (χ1v) is 5.93. The van der Waals surface area contributed by atoms with Crippen LogP contribution in [-0.2, 0) is 6.42 Å². The van der Waals surface area contributed by atoms with Gasteiger partial charge in [-0.2, -0.15) is 0 Å². The topological polar surface area (TPSA) is 0 Å². The van der Waals surface area contributed by atoms with E-state index in [0.29, 0.717) is 0 Å². The molecule has 0 bridgehead atoms. The van der Waals surface area contributed by atoms with Crippen molar-refractivity contribution in [2.45, 2.75) is 32.1 Å². The smallest absolute Gasteiger partial charge is 0.0424 e. The summed E-state index contributed by atoms with van der Waals surface area (Å²) in [5.74, 6) is 5.88. The second-order valence-electron chi connectivity index (χ2n) is 4.56. The first-order valence-electron chi connectivity index (χ1n) is 5.93. The number of benzene rings is 1. The minimum atomic E-state index is 0.137. The van der Waals surface area contributed by atoms with Crippen LogP contribution in [0, 0.1) is 24.7 Å². The van der Waals surface area contributed by atoms with Crippen LogP contribution in [0.5, 0.6) is 0 Å². The molecule has 1 aromatic rings. The van der Waals surface area contributed by atoms with Crippen molar-refractivity contribution in [1.29, 1.82) is 0 Å². The molecular weight excluding hydrogens is 204 g/mol. The van der Waals surface area contributed by atoms with Crippen LogP contribution in [0.25, 0.3) is 6.08 Å². The van der Waals surface area contributed by atoms with Crippen LogP contribution in [-0.4, -0.2) is 0 Å². The van der Waals surface area contributed by atoms with Gasteiger partial charge in [0.15, 0.2) is 0 Å². The number of hydrogen-bond donors (Lipinski definition) is 0. The maximum atomic E-state index is 5.55. The number of fused-ring (bicyclic) bond motifs is 1. The molecule has 1 aromatic carbocycles. The van der Waals surface area contributed by atoms with E-state index in [1.165, 1.54) is 22.3 Å². The van der Waals surface area contributed by atoms with E-state index in [9.17, 15) is 0 Å². The molecule has 2 unspecified atom stereocenters. The second kappa shape index (κ2) is 4.52. The Labute approximate surface area is 104 Å². The van der Waals surface area contributed by atoms with Crippen molar-refractivity contribution in [3.05, 3.63) is 40.5 Å². The third-order valence-electron chi connectivity index (χ3n) is 3.43. The largest absolute Gasteiger partial charge is 0.119 e. The van der Waals surface area contributed by atoms with Gasteiger partial charge in [0.05, 0.1) is 0 Å². The average Bonchev–Trinajstić information content (AvgIpc) is 2.83. The maximum absolute atomic E-state index is 5.55. The van der Waals surface area contributed by atoms with Crippen LogP contribution >= 0.6 is 0 Å². The molecule has 1 aliphatic carbocycles. The molecule has 0 aliphatic heterocycles. The van der Waals surface area contributed by atoms with Crippen molar-refractivity contribution >= 4 is 6.08 Å². The van der Waals surface area contributed by atoms with E-state index in [1.54, 1.807) is 0 Å². The molecule has 0 spiro atoms. The molecule has 0 aromatic heterocycles. The Morgan fingerprint density at radius 2 is 1.82 bits per heavy atom. The lowest BCUT2D eigenvalue weighted by Crippen LogP contribution is -2.01. The molecule has 0 N–H and O–H groups in total. The van der Waals surface area contributed by atoms with Crippen LogP contribution in [0.15, 0.2) is 18.2 Å². The van der Waals surface area contributed by atoms with Crippen molar-refractivity contribution in [1.82, 2.24) is 0 Å². The zero-order valence-corrected chi connectivity index (χ0v) is 10.3. The van der Waals surface area contributed by atoms with E-state index in [0.717, 1.165) is 6.42 Å². The van der Waals surface area contributed by atoms with Gasteiger partial charge in [-0.3, -0.25) is 0 Å². The zero-order chi connectivity index (χ0) is 12.4. The Morgan fingerprint density at radius 1 is 1.12 bits per heavy atom. The summed E-state index contributed by atoms with van der Waals surface area (Å²) in [5.41, 5.74) is 5.09. The van der Waals surface area contributed by atoms with Gasteiger partial charge in [0, 0.05) is 11.8 Å². The second-order valence-corrected chi connectivity index (χ2v) is 4.56. The number of terminal acetylenes is 2. The van der Waals surface area contributed by atoms with Crippen molar-refractivity contribution in [3.63, 3.8) is 0 Å². The maximum Gasteiger partial charge on any atom is 0.0424 e. The van der Waals surface area contributed by atoms with Crippen LogP contribution in [0.2, 0.25) is 0 Å². The lowest BCUT2D eigenvalue weighted by Gasteiger charge is -2.15. The van der Waals surface area contributed by atoms with Crippen LogP contribution in [0.4, 0.5) is 0 Å². The highest BCUT2D eigenvalue weighted by atomic mass is 14.2. The third-order valence-corrected chi connectivity index (χ3v) is 3.43. The zero-order valence-electron chi connectivity index (χ0n) is 10.3. The fraction of sp³-hybridized carbons (Fsp3) is 0.294. The predicted octanol–water partition coefficient (Wildman–Crippen LogP) is 3.73. The Kier molecular flexibility index (Phi) is 3.08. The fourth-order valence-corrected chi connectivity index (χ4v) is 2.25. The van der Waals surface area contributed by atoms with Gasteiger partial charge in [-0.05, 0) is 42.5 Å². The fourth-order valence-electron chi connectivity index (χ4n) is 2.25. The SMILES string of the molecule is C#CC(C)c1cc2c(c(C(C)C#C)c1)CC=C2. The Hall–Kier alpha value is -1.92. The van der Waals surface area contributed by atoms with Gasteiger partial charge in [-0.1, -0.05) is 36.1 Å². The minimum absolute atomic E-state index is 0.137. The molecule has 0 amide bonds. The van der Waals surface area contributed by atoms with E-state index in [4.69, 9.17) is 12.8 Å². The Bertz CT molecular complexity index is 547. The van der Waals surface area contributed by atoms with E-state index < -0.39 is 0 Å². The summed E-state index contributed by atoms with van der Waals surface area (Å²) in [6.07, 6.45) is 16.4. The molecule has 1 aliphatic rings. The monoisotopic (exact) mass is 220 g/mol. The minimum Gasteiger partial charge on any atom is -0.119 e. The van der Waals surface area contributed by atoms with Gasteiger partial charge in [0.25, 0.3) is 0 Å². The Balaban J connectivity index is 2.58. The summed E-state index contributed by atoms with van der Waals surface area (Å²) < 4.78 is 0. The summed E-state index contributed by atoms with van der Waals surface area (Å²) in [7, 11) is 0. The molecule has 0 radical (unpaired) electrons. The summed E-state index contributed by atoms with van der Waals surface area (Å²) in [6.45, 7) is 4.11. The first-order chi connectivity index (χ1) is 8.17. The highest BCUT2D eigenvalue weighted by Gasteiger charge is 2.17. The van der Waals surface area contributed by atoms with Gasteiger partial charge in [0.1, 0.15) is 0 Å². The van der Waals surface area contributed by atoms with Gasteiger partial charge >= 0.3 is 0 Å². The summed E-state index contributed by atoms with van der Waals surface area (Å²) in [6, 6.07) is 4.37. The molecule has 0 nitrogen and oxygen atoms in total. The molecule has 0 heterocycles. The molecule has 2 atom stereocenters. The summed E-state index contributed by atoms with van der Waals surface area (Å²) in [4.78, 5) is 0. The van der Waals surface area contributed by atoms with Crippen molar-refractivity contribution < 1.29 is 0 Å². The van der Waals surface area contributed by atoms with Crippen LogP contribution < -0.4 is 0 Å². The number of hydrogen-bond acceptors (Lipinski definition) is 0. The molecule has 0 heteroatoms. The number of allylic oxidation sites excluding steroid dienone is 1. The standard InChI is InChI=1S/C17H16/c1-5-12(3)15-10-14-8-7-9-16(14)17(11-15)13(4)6-2/h1-2,7-8,10-13H,9H2,3-4H3. The molecule has 2 rings (SSSR count). The molecule has 0 fully saturated rings. The van der Waals surface area contributed by atoms with Gasteiger partial charge in [-0.15, -0.1) is 12.8 Å². The molecule has 17 heavy (non-hydrogen) atoms. The molecule has 0 saturated carbocycles. The van der Waals surface area contributed by atoms with Crippen molar-refractivity contribution in [2.24, 2.45) is 0 Å². The van der Waals surface area contributed by atoms with Gasteiger partial charge < -0.3 is 0 Å².